The van der Waals surface area contributed by atoms with Gasteiger partial charge in [-0.05, 0) is 18.6 Å². The lowest BCUT2D eigenvalue weighted by Crippen LogP contribution is -2.18. The molecule has 0 spiro atoms. The average molecular weight is 236 g/mol. The van der Waals surface area contributed by atoms with E-state index >= 15 is 0 Å². The van der Waals surface area contributed by atoms with E-state index in [-0.39, 0.29) is 5.56 Å². The Morgan fingerprint density at radius 1 is 1.38 bits per heavy atom. The van der Waals surface area contributed by atoms with Crippen molar-refractivity contribution in [2.24, 2.45) is 7.05 Å². The first-order valence-electron chi connectivity index (χ1n) is 4.74. The van der Waals surface area contributed by atoms with Crippen molar-refractivity contribution in [1.82, 2.24) is 14.8 Å². The number of nitrogens with zero attached hydrogens (tertiary/aromatic N) is 3. The Labute approximate surface area is 97.5 Å². The fourth-order valence-corrected chi connectivity index (χ4v) is 1.72. The second kappa shape index (κ2) is 4.06. The minimum atomic E-state index is -0.192. The summed E-state index contributed by atoms with van der Waals surface area (Å²) < 4.78 is 1.21. The highest BCUT2D eigenvalue weighted by molar-refractivity contribution is 6.32. The number of aryl methyl sites for hydroxylation is 2. The number of aromatic nitrogens is 3. The lowest BCUT2D eigenvalue weighted by atomic mass is 10.1. The Morgan fingerprint density at radius 2 is 2.12 bits per heavy atom. The zero-order chi connectivity index (χ0) is 11.7. The van der Waals surface area contributed by atoms with Gasteiger partial charge in [0.05, 0.1) is 0 Å². The molecule has 2 rings (SSSR count). The van der Waals surface area contributed by atoms with Crippen LogP contribution in [0.2, 0.25) is 5.15 Å². The lowest BCUT2D eigenvalue weighted by molar-refractivity contribution is 0.709. The monoisotopic (exact) mass is 235 g/mol. The van der Waals surface area contributed by atoms with Gasteiger partial charge in [-0.25, -0.2) is 4.68 Å². The molecule has 0 saturated heterocycles. The number of pyridine rings is 1. The van der Waals surface area contributed by atoms with Crippen molar-refractivity contribution < 1.29 is 0 Å². The van der Waals surface area contributed by atoms with E-state index in [0.29, 0.717) is 10.7 Å². The molecular weight excluding hydrogens is 226 g/mol. The standard InChI is InChI=1S/C11H10ClN3O/c1-7-3-4-13-6-9(7)8-5-10(16)15(2)14-11(8)12/h3-6H,1-2H3. The third-order valence-electron chi connectivity index (χ3n) is 2.38. The Kier molecular flexibility index (Phi) is 2.75. The van der Waals surface area contributed by atoms with Crippen LogP contribution in [0.15, 0.2) is 29.3 Å². The SMILES string of the molecule is Cc1ccncc1-c1cc(=O)n(C)nc1Cl. The molecule has 5 heteroatoms. The smallest absolute Gasteiger partial charge is 0.267 e. The van der Waals surface area contributed by atoms with Gasteiger partial charge in [-0.3, -0.25) is 9.78 Å². The Balaban J connectivity index is 2.70. The topological polar surface area (TPSA) is 47.8 Å². The van der Waals surface area contributed by atoms with Crippen LogP contribution < -0.4 is 5.56 Å². The summed E-state index contributed by atoms with van der Waals surface area (Å²) >= 11 is 6.01. The van der Waals surface area contributed by atoms with E-state index < -0.39 is 0 Å². The fourth-order valence-electron chi connectivity index (χ4n) is 1.45. The maximum atomic E-state index is 11.5. The maximum Gasteiger partial charge on any atom is 0.267 e. The van der Waals surface area contributed by atoms with Crippen LogP contribution in [0, 0.1) is 6.92 Å². The third-order valence-corrected chi connectivity index (χ3v) is 2.66. The van der Waals surface area contributed by atoms with Crippen molar-refractivity contribution >= 4 is 11.6 Å². The highest BCUT2D eigenvalue weighted by Crippen LogP contribution is 2.26. The highest BCUT2D eigenvalue weighted by Gasteiger charge is 2.09. The van der Waals surface area contributed by atoms with E-state index in [0.717, 1.165) is 11.1 Å². The molecule has 2 aromatic heterocycles. The van der Waals surface area contributed by atoms with Crippen molar-refractivity contribution in [2.75, 3.05) is 0 Å². The number of halogens is 1. The van der Waals surface area contributed by atoms with Crippen LogP contribution in [0.1, 0.15) is 5.56 Å². The lowest BCUT2D eigenvalue weighted by Gasteiger charge is -2.07. The average Bonchev–Trinajstić information content (AvgIpc) is 2.25. The minimum absolute atomic E-state index is 0.192. The maximum absolute atomic E-state index is 11.5. The van der Waals surface area contributed by atoms with Crippen molar-refractivity contribution in [3.63, 3.8) is 0 Å². The summed E-state index contributed by atoms with van der Waals surface area (Å²) in [5.74, 6) is 0. The van der Waals surface area contributed by atoms with Crippen molar-refractivity contribution in [1.29, 1.82) is 0 Å². The summed E-state index contributed by atoms with van der Waals surface area (Å²) in [6.07, 6.45) is 3.37. The predicted octanol–water partition coefficient (Wildman–Crippen LogP) is 1.80. The quantitative estimate of drug-likeness (QED) is 0.757. The molecule has 4 nitrogen and oxygen atoms in total. The van der Waals surface area contributed by atoms with Crippen LogP contribution in [-0.2, 0) is 7.05 Å². The first-order chi connectivity index (χ1) is 7.59. The molecule has 0 saturated carbocycles. The fraction of sp³-hybridized carbons (Fsp3) is 0.182. The van der Waals surface area contributed by atoms with Gasteiger partial charge >= 0.3 is 0 Å². The zero-order valence-electron chi connectivity index (χ0n) is 8.94. The molecule has 82 valence electrons. The molecule has 0 aromatic carbocycles. The molecule has 0 unspecified atom stereocenters. The summed E-state index contributed by atoms with van der Waals surface area (Å²) in [6.45, 7) is 1.94. The summed E-state index contributed by atoms with van der Waals surface area (Å²) in [7, 11) is 1.56. The highest BCUT2D eigenvalue weighted by atomic mass is 35.5. The molecule has 0 aliphatic carbocycles. The minimum Gasteiger partial charge on any atom is -0.268 e. The van der Waals surface area contributed by atoms with Crippen LogP contribution in [0.3, 0.4) is 0 Å². The molecule has 0 aliphatic rings. The van der Waals surface area contributed by atoms with Crippen LogP contribution in [0.25, 0.3) is 11.1 Å². The first-order valence-corrected chi connectivity index (χ1v) is 5.12. The Bertz CT molecular complexity index is 592. The van der Waals surface area contributed by atoms with Gasteiger partial charge in [0.1, 0.15) is 0 Å². The van der Waals surface area contributed by atoms with Crippen molar-refractivity contribution in [3.05, 3.63) is 45.6 Å². The summed E-state index contributed by atoms with van der Waals surface area (Å²) in [5.41, 5.74) is 2.27. The molecule has 0 bridgehead atoms. The second-order valence-corrected chi connectivity index (χ2v) is 3.86. The van der Waals surface area contributed by atoms with Crippen LogP contribution in [0.4, 0.5) is 0 Å². The van der Waals surface area contributed by atoms with Crippen molar-refractivity contribution in [3.8, 4) is 11.1 Å². The van der Waals surface area contributed by atoms with Gasteiger partial charge in [0.25, 0.3) is 5.56 Å². The summed E-state index contributed by atoms with van der Waals surface area (Å²) in [4.78, 5) is 15.5. The van der Waals surface area contributed by atoms with E-state index in [1.807, 2.05) is 13.0 Å². The molecule has 0 radical (unpaired) electrons. The van der Waals surface area contributed by atoms with Gasteiger partial charge in [0.2, 0.25) is 0 Å². The van der Waals surface area contributed by atoms with Gasteiger partial charge in [-0.2, -0.15) is 5.10 Å². The molecule has 0 atom stereocenters. The number of hydrogen-bond donors (Lipinski definition) is 0. The van der Waals surface area contributed by atoms with E-state index in [9.17, 15) is 4.79 Å². The van der Waals surface area contributed by atoms with Gasteiger partial charge in [-0.15, -0.1) is 0 Å². The summed E-state index contributed by atoms with van der Waals surface area (Å²) in [6, 6.07) is 3.34. The van der Waals surface area contributed by atoms with Gasteiger partial charge in [0.15, 0.2) is 5.15 Å². The zero-order valence-corrected chi connectivity index (χ0v) is 9.69. The predicted molar refractivity (Wildman–Crippen MR) is 62.5 cm³/mol. The van der Waals surface area contributed by atoms with Crippen LogP contribution in [-0.4, -0.2) is 14.8 Å². The molecule has 0 aliphatic heterocycles. The Morgan fingerprint density at radius 3 is 2.81 bits per heavy atom. The summed E-state index contributed by atoms with van der Waals surface area (Å²) in [5, 5.41) is 4.24. The van der Waals surface area contributed by atoms with Crippen LogP contribution >= 0.6 is 11.6 Å². The molecule has 0 N–H and O–H groups in total. The van der Waals surface area contributed by atoms with Gasteiger partial charge < -0.3 is 0 Å². The molecule has 2 aromatic rings. The third kappa shape index (κ3) is 1.84. The molecule has 2 heterocycles. The molecule has 16 heavy (non-hydrogen) atoms. The first kappa shape index (κ1) is 10.8. The second-order valence-electron chi connectivity index (χ2n) is 3.50. The van der Waals surface area contributed by atoms with E-state index in [1.165, 1.54) is 10.7 Å². The van der Waals surface area contributed by atoms with E-state index in [4.69, 9.17) is 11.6 Å². The number of rotatable bonds is 1. The number of hydrogen-bond acceptors (Lipinski definition) is 3. The van der Waals surface area contributed by atoms with Gasteiger partial charge in [0, 0.05) is 36.6 Å². The Hall–Kier alpha value is -1.68. The molecular formula is C11H10ClN3O. The van der Waals surface area contributed by atoms with E-state index in [1.54, 1.807) is 19.4 Å². The molecule has 0 fully saturated rings. The van der Waals surface area contributed by atoms with E-state index in [2.05, 4.69) is 10.1 Å². The normalized spacial score (nSPS) is 10.4. The largest absolute Gasteiger partial charge is 0.268 e. The van der Waals surface area contributed by atoms with Crippen molar-refractivity contribution in [2.45, 2.75) is 6.92 Å². The van der Waals surface area contributed by atoms with Crippen LogP contribution in [0.5, 0.6) is 0 Å². The van der Waals surface area contributed by atoms with Gasteiger partial charge in [-0.1, -0.05) is 11.6 Å². The molecule has 0 amide bonds.